The molecule has 2 nitrogen and oxygen atoms in total. The van der Waals surface area contributed by atoms with Crippen LogP contribution in [0.3, 0.4) is 0 Å². The second-order valence-electron chi connectivity index (χ2n) is 7.62. The van der Waals surface area contributed by atoms with Gasteiger partial charge in [-0.2, -0.15) is 5.26 Å². The number of likely N-dealkylation sites (tertiary alicyclic amines) is 1. The van der Waals surface area contributed by atoms with Crippen LogP contribution in [-0.2, 0) is 5.41 Å². The zero-order chi connectivity index (χ0) is 18.2. The molecular formula is C24H31ClN2. The molecule has 2 aromatic rings. The highest BCUT2D eigenvalue weighted by molar-refractivity contribution is 5.85. The molecule has 0 saturated carbocycles. The quantitative estimate of drug-likeness (QED) is 0.651. The summed E-state index contributed by atoms with van der Waals surface area (Å²) < 4.78 is 0. The van der Waals surface area contributed by atoms with Crippen molar-refractivity contribution in [3.8, 4) is 6.07 Å². The number of hydrogen-bond acceptors (Lipinski definition) is 2. The van der Waals surface area contributed by atoms with E-state index < -0.39 is 5.41 Å². The molecule has 0 spiro atoms. The Morgan fingerprint density at radius 2 is 1.30 bits per heavy atom. The van der Waals surface area contributed by atoms with E-state index in [0.717, 1.165) is 30.8 Å². The highest BCUT2D eigenvalue weighted by Gasteiger charge is 2.40. The van der Waals surface area contributed by atoms with Crippen molar-refractivity contribution in [3.63, 3.8) is 0 Å². The van der Waals surface area contributed by atoms with Gasteiger partial charge in [0.25, 0.3) is 0 Å². The van der Waals surface area contributed by atoms with Crippen LogP contribution in [0.5, 0.6) is 0 Å². The highest BCUT2D eigenvalue weighted by Crippen LogP contribution is 2.39. The third kappa shape index (κ3) is 4.92. The Bertz CT molecular complexity index is 661. The first-order valence-corrected chi connectivity index (χ1v) is 10.0. The maximum Gasteiger partial charge on any atom is 0.111 e. The summed E-state index contributed by atoms with van der Waals surface area (Å²) in [4.78, 5) is 2.59. The highest BCUT2D eigenvalue weighted by atomic mass is 35.5. The summed E-state index contributed by atoms with van der Waals surface area (Å²) in [6, 6.07) is 23.4. The summed E-state index contributed by atoms with van der Waals surface area (Å²) in [6.07, 6.45) is 6.61. The van der Waals surface area contributed by atoms with Gasteiger partial charge < -0.3 is 4.90 Å². The average molecular weight is 383 g/mol. The maximum atomic E-state index is 10.4. The zero-order valence-electron chi connectivity index (χ0n) is 16.3. The fourth-order valence-electron chi connectivity index (χ4n) is 4.40. The summed E-state index contributed by atoms with van der Waals surface area (Å²) in [5, 5.41) is 10.4. The SMILES string of the molecule is CC(CN1CCCCCCC1)C(C#N)(c1ccccc1)c1ccccc1.Cl. The van der Waals surface area contributed by atoms with Crippen LogP contribution in [0.15, 0.2) is 60.7 Å². The van der Waals surface area contributed by atoms with Crippen molar-refractivity contribution in [2.75, 3.05) is 19.6 Å². The van der Waals surface area contributed by atoms with Crippen LogP contribution >= 0.6 is 12.4 Å². The summed E-state index contributed by atoms with van der Waals surface area (Å²) in [6.45, 7) is 5.55. The zero-order valence-corrected chi connectivity index (χ0v) is 17.1. The van der Waals surface area contributed by atoms with E-state index in [9.17, 15) is 5.26 Å². The third-order valence-electron chi connectivity index (χ3n) is 5.85. The van der Waals surface area contributed by atoms with Crippen molar-refractivity contribution >= 4 is 12.4 Å². The number of rotatable bonds is 5. The van der Waals surface area contributed by atoms with Crippen molar-refractivity contribution in [2.45, 2.75) is 44.4 Å². The van der Waals surface area contributed by atoms with E-state index in [1.54, 1.807) is 0 Å². The molecule has 0 amide bonds. The minimum atomic E-state index is -0.606. The Morgan fingerprint density at radius 1 is 0.852 bits per heavy atom. The second-order valence-corrected chi connectivity index (χ2v) is 7.62. The van der Waals surface area contributed by atoms with Gasteiger partial charge >= 0.3 is 0 Å². The van der Waals surface area contributed by atoms with E-state index >= 15 is 0 Å². The minimum absolute atomic E-state index is 0. The molecule has 0 N–H and O–H groups in total. The lowest BCUT2D eigenvalue weighted by Gasteiger charge is -2.37. The summed E-state index contributed by atoms with van der Waals surface area (Å²) in [5.74, 6) is 0.219. The molecule has 1 unspecified atom stereocenters. The van der Waals surface area contributed by atoms with Crippen molar-refractivity contribution < 1.29 is 0 Å². The molecule has 0 bridgehead atoms. The largest absolute Gasteiger partial charge is 0.303 e. The third-order valence-corrected chi connectivity index (χ3v) is 5.85. The molecule has 1 saturated heterocycles. The Morgan fingerprint density at radius 3 is 1.74 bits per heavy atom. The van der Waals surface area contributed by atoms with Crippen LogP contribution in [0.25, 0.3) is 0 Å². The van der Waals surface area contributed by atoms with Crippen molar-refractivity contribution in [1.82, 2.24) is 4.90 Å². The van der Waals surface area contributed by atoms with E-state index in [1.165, 1.54) is 32.1 Å². The molecule has 0 aliphatic carbocycles. The van der Waals surface area contributed by atoms with E-state index in [2.05, 4.69) is 42.2 Å². The molecule has 1 fully saturated rings. The molecule has 27 heavy (non-hydrogen) atoms. The molecular weight excluding hydrogens is 352 g/mol. The average Bonchev–Trinajstić information content (AvgIpc) is 2.67. The lowest BCUT2D eigenvalue weighted by molar-refractivity contribution is 0.197. The minimum Gasteiger partial charge on any atom is -0.303 e. The number of halogens is 1. The summed E-state index contributed by atoms with van der Waals surface area (Å²) in [7, 11) is 0. The van der Waals surface area contributed by atoms with E-state index in [1.807, 2.05) is 36.4 Å². The van der Waals surface area contributed by atoms with Gasteiger partial charge in [-0.05, 0) is 43.0 Å². The molecule has 1 atom stereocenters. The molecule has 3 rings (SSSR count). The molecule has 144 valence electrons. The van der Waals surface area contributed by atoms with Crippen molar-refractivity contribution in [3.05, 3.63) is 71.8 Å². The number of nitriles is 1. The molecule has 2 aromatic carbocycles. The molecule has 1 aliphatic rings. The molecule has 0 radical (unpaired) electrons. The van der Waals surface area contributed by atoms with Crippen LogP contribution in [0.2, 0.25) is 0 Å². The first-order chi connectivity index (χ1) is 12.8. The molecule has 1 heterocycles. The Hall–Kier alpha value is -1.82. The van der Waals surface area contributed by atoms with Crippen LogP contribution < -0.4 is 0 Å². The summed E-state index contributed by atoms with van der Waals surface area (Å²) >= 11 is 0. The first-order valence-electron chi connectivity index (χ1n) is 10.0. The topological polar surface area (TPSA) is 27.0 Å². The fraction of sp³-hybridized carbons (Fsp3) is 0.458. The van der Waals surface area contributed by atoms with Crippen LogP contribution in [0.1, 0.15) is 50.2 Å². The lowest BCUT2D eigenvalue weighted by Crippen LogP contribution is -2.42. The van der Waals surface area contributed by atoms with E-state index in [0.29, 0.717) is 0 Å². The van der Waals surface area contributed by atoms with Gasteiger partial charge in [-0.3, -0.25) is 0 Å². The van der Waals surface area contributed by atoms with E-state index in [-0.39, 0.29) is 18.3 Å². The van der Waals surface area contributed by atoms with Gasteiger partial charge in [-0.25, -0.2) is 0 Å². The smallest absolute Gasteiger partial charge is 0.111 e. The Labute approximate surface area is 170 Å². The first kappa shape index (κ1) is 21.5. The molecule has 0 aromatic heterocycles. The number of benzene rings is 2. The van der Waals surface area contributed by atoms with E-state index in [4.69, 9.17) is 0 Å². The monoisotopic (exact) mass is 382 g/mol. The van der Waals surface area contributed by atoms with Gasteiger partial charge in [0.2, 0.25) is 0 Å². The van der Waals surface area contributed by atoms with Gasteiger partial charge in [-0.1, -0.05) is 86.8 Å². The van der Waals surface area contributed by atoms with Gasteiger partial charge in [0.05, 0.1) is 6.07 Å². The fourth-order valence-corrected chi connectivity index (χ4v) is 4.40. The van der Waals surface area contributed by atoms with Crippen LogP contribution in [0, 0.1) is 17.2 Å². The van der Waals surface area contributed by atoms with Crippen LogP contribution in [0.4, 0.5) is 0 Å². The van der Waals surface area contributed by atoms with Gasteiger partial charge in [0, 0.05) is 6.54 Å². The van der Waals surface area contributed by atoms with Crippen molar-refractivity contribution in [1.29, 1.82) is 5.26 Å². The molecule has 3 heteroatoms. The number of hydrogen-bond donors (Lipinski definition) is 0. The lowest BCUT2D eigenvalue weighted by atomic mass is 9.67. The van der Waals surface area contributed by atoms with Gasteiger partial charge in [0.1, 0.15) is 5.41 Å². The number of nitrogens with zero attached hydrogens (tertiary/aromatic N) is 2. The second kappa shape index (κ2) is 10.5. The standard InChI is InChI=1S/C24H30N2.ClH/c1-21(19-26-17-11-3-2-4-12-18-26)24(20-25,22-13-7-5-8-14-22)23-15-9-6-10-16-23;/h5-10,13-16,21H,2-4,11-12,17-19H2,1H3;1H. The van der Waals surface area contributed by atoms with Crippen LogP contribution in [-0.4, -0.2) is 24.5 Å². The van der Waals surface area contributed by atoms with Gasteiger partial charge in [-0.15, -0.1) is 12.4 Å². The summed E-state index contributed by atoms with van der Waals surface area (Å²) in [5.41, 5.74) is 1.60. The predicted octanol–water partition coefficient (Wildman–Crippen LogP) is 5.82. The van der Waals surface area contributed by atoms with Crippen molar-refractivity contribution in [2.24, 2.45) is 5.92 Å². The maximum absolute atomic E-state index is 10.4. The molecule has 1 aliphatic heterocycles. The Balaban J connectivity index is 0.00000261. The predicted molar refractivity (Wildman–Crippen MR) is 115 cm³/mol. The normalized spacial score (nSPS) is 17.0. The van der Waals surface area contributed by atoms with Gasteiger partial charge in [0.15, 0.2) is 0 Å². The Kier molecular flexibility index (Phi) is 8.35.